The van der Waals surface area contributed by atoms with Gasteiger partial charge in [0.05, 0.1) is 18.9 Å². The number of ether oxygens (including phenoxy) is 2. The molecule has 1 aliphatic heterocycles. The Morgan fingerprint density at radius 2 is 2.00 bits per heavy atom. The van der Waals surface area contributed by atoms with Gasteiger partial charge in [0.25, 0.3) is 0 Å². The van der Waals surface area contributed by atoms with E-state index in [2.05, 4.69) is 31.8 Å². The summed E-state index contributed by atoms with van der Waals surface area (Å²) in [4.78, 5) is 4.63. The van der Waals surface area contributed by atoms with Gasteiger partial charge < -0.3 is 15.2 Å². The molecule has 2 N–H and O–H groups in total. The second-order valence-electron chi connectivity index (χ2n) is 6.08. The third-order valence-electron chi connectivity index (χ3n) is 3.32. The van der Waals surface area contributed by atoms with Crippen molar-refractivity contribution in [1.29, 1.82) is 0 Å². The summed E-state index contributed by atoms with van der Waals surface area (Å²) in [6.07, 6.45) is 2.07. The van der Waals surface area contributed by atoms with Gasteiger partial charge >= 0.3 is 0 Å². The van der Waals surface area contributed by atoms with Crippen molar-refractivity contribution < 1.29 is 9.47 Å². The van der Waals surface area contributed by atoms with Gasteiger partial charge in [0, 0.05) is 30.9 Å². The van der Waals surface area contributed by atoms with Gasteiger partial charge in [-0.1, -0.05) is 20.8 Å². The van der Waals surface area contributed by atoms with Crippen LogP contribution >= 0.6 is 0 Å². The van der Waals surface area contributed by atoms with Crippen molar-refractivity contribution in [3.05, 3.63) is 23.4 Å². The SMILES string of the molecule is CC(C)(C)c1cc(CN)cc(OC2CCOCC2)n1. The van der Waals surface area contributed by atoms with E-state index in [0.29, 0.717) is 12.4 Å². The molecule has 0 atom stereocenters. The van der Waals surface area contributed by atoms with Crippen LogP contribution in [0.4, 0.5) is 0 Å². The van der Waals surface area contributed by atoms with Crippen LogP contribution in [0.3, 0.4) is 0 Å². The maximum absolute atomic E-state index is 5.99. The molecule has 4 heteroatoms. The van der Waals surface area contributed by atoms with Gasteiger partial charge in [-0.25, -0.2) is 4.98 Å². The Labute approximate surface area is 115 Å². The molecule has 0 aromatic carbocycles. The third-order valence-corrected chi connectivity index (χ3v) is 3.32. The molecular formula is C15H24N2O2. The number of hydrogen-bond donors (Lipinski definition) is 1. The summed E-state index contributed by atoms with van der Waals surface area (Å²) < 4.78 is 11.3. The predicted octanol–water partition coefficient (Wildman–Crippen LogP) is 2.40. The van der Waals surface area contributed by atoms with Crippen LogP contribution in [0.2, 0.25) is 0 Å². The predicted molar refractivity (Wildman–Crippen MR) is 75.3 cm³/mol. The largest absolute Gasteiger partial charge is 0.474 e. The summed E-state index contributed by atoms with van der Waals surface area (Å²) in [7, 11) is 0. The molecule has 0 unspecified atom stereocenters. The maximum atomic E-state index is 5.99. The molecule has 1 aromatic rings. The topological polar surface area (TPSA) is 57.4 Å². The van der Waals surface area contributed by atoms with Crippen molar-refractivity contribution in [3.63, 3.8) is 0 Å². The lowest BCUT2D eigenvalue weighted by molar-refractivity contribution is 0.0235. The first kappa shape index (κ1) is 14.3. The molecule has 0 aliphatic carbocycles. The molecular weight excluding hydrogens is 240 g/mol. The number of hydrogen-bond acceptors (Lipinski definition) is 4. The third kappa shape index (κ3) is 3.91. The molecule has 0 amide bonds. The summed E-state index contributed by atoms with van der Waals surface area (Å²) in [6, 6.07) is 4.02. The zero-order valence-corrected chi connectivity index (χ0v) is 12.1. The Morgan fingerprint density at radius 1 is 1.32 bits per heavy atom. The lowest BCUT2D eigenvalue weighted by atomic mass is 9.91. The number of aromatic nitrogens is 1. The zero-order chi connectivity index (χ0) is 13.9. The lowest BCUT2D eigenvalue weighted by Gasteiger charge is -2.25. The van der Waals surface area contributed by atoms with Crippen LogP contribution < -0.4 is 10.5 Å². The van der Waals surface area contributed by atoms with E-state index >= 15 is 0 Å². The fourth-order valence-corrected chi connectivity index (χ4v) is 2.09. The van der Waals surface area contributed by atoms with Gasteiger partial charge in [0.1, 0.15) is 6.10 Å². The van der Waals surface area contributed by atoms with Crippen LogP contribution in [0.15, 0.2) is 12.1 Å². The minimum atomic E-state index is -0.00103. The maximum Gasteiger partial charge on any atom is 0.214 e. The minimum Gasteiger partial charge on any atom is -0.474 e. The molecule has 4 nitrogen and oxygen atoms in total. The molecule has 1 aliphatic rings. The molecule has 19 heavy (non-hydrogen) atoms. The molecule has 2 heterocycles. The van der Waals surface area contributed by atoms with Crippen molar-refractivity contribution in [1.82, 2.24) is 4.98 Å². The summed E-state index contributed by atoms with van der Waals surface area (Å²) >= 11 is 0. The molecule has 1 aromatic heterocycles. The fourth-order valence-electron chi connectivity index (χ4n) is 2.09. The molecule has 0 saturated carbocycles. The average Bonchev–Trinajstić information content (AvgIpc) is 2.38. The first-order valence-electron chi connectivity index (χ1n) is 6.95. The van der Waals surface area contributed by atoms with Crippen molar-refractivity contribution in [2.75, 3.05) is 13.2 Å². The normalized spacial score (nSPS) is 17.5. The van der Waals surface area contributed by atoms with Gasteiger partial charge in [0.2, 0.25) is 5.88 Å². The fraction of sp³-hybridized carbons (Fsp3) is 0.667. The van der Waals surface area contributed by atoms with Crippen molar-refractivity contribution >= 4 is 0 Å². The van der Waals surface area contributed by atoms with E-state index in [1.807, 2.05) is 6.07 Å². The summed E-state index contributed by atoms with van der Waals surface area (Å²) in [6.45, 7) is 8.49. The van der Waals surface area contributed by atoms with Gasteiger partial charge in [-0.15, -0.1) is 0 Å². The Hall–Kier alpha value is -1.13. The molecule has 0 bridgehead atoms. The Balaban J connectivity index is 2.19. The highest BCUT2D eigenvalue weighted by Crippen LogP contribution is 2.25. The van der Waals surface area contributed by atoms with Gasteiger partial charge in [-0.05, 0) is 11.6 Å². The van der Waals surface area contributed by atoms with Crippen LogP contribution in [0, 0.1) is 0 Å². The van der Waals surface area contributed by atoms with E-state index in [4.69, 9.17) is 15.2 Å². The quantitative estimate of drug-likeness (QED) is 0.910. The number of nitrogens with zero attached hydrogens (tertiary/aromatic N) is 1. The van der Waals surface area contributed by atoms with Crippen LogP contribution in [0.5, 0.6) is 5.88 Å². The minimum absolute atomic E-state index is 0.00103. The number of rotatable bonds is 3. The number of nitrogens with two attached hydrogens (primary N) is 1. The van der Waals surface area contributed by atoms with Crippen LogP contribution in [0.25, 0.3) is 0 Å². The highest BCUT2D eigenvalue weighted by molar-refractivity contribution is 5.28. The van der Waals surface area contributed by atoms with Crippen molar-refractivity contribution in [3.8, 4) is 5.88 Å². The first-order valence-corrected chi connectivity index (χ1v) is 6.95. The average molecular weight is 264 g/mol. The van der Waals surface area contributed by atoms with Crippen LogP contribution in [-0.2, 0) is 16.7 Å². The van der Waals surface area contributed by atoms with E-state index in [-0.39, 0.29) is 11.5 Å². The second kappa shape index (κ2) is 5.88. The molecule has 1 saturated heterocycles. The standard InChI is InChI=1S/C15H24N2O2/c1-15(2,3)13-8-11(10-16)9-14(17-13)19-12-4-6-18-7-5-12/h8-9,12H,4-7,10,16H2,1-3H3. The molecule has 106 valence electrons. The zero-order valence-electron chi connectivity index (χ0n) is 12.1. The second-order valence-corrected chi connectivity index (χ2v) is 6.08. The summed E-state index contributed by atoms with van der Waals surface area (Å²) in [5.74, 6) is 0.694. The monoisotopic (exact) mass is 264 g/mol. The van der Waals surface area contributed by atoms with E-state index < -0.39 is 0 Å². The van der Waals surface area contributed by atoms with Gasteiger partial charge in [0.15, 0.2) is 0 Å². The molecule has 0 radical (unpaired) electrons. The van der Waals surface area contributed by atoms with Crippen LogP contribution in [-0.4, -0.2) is 24.3 Å². The van der Waals surface area contributed by atoms with E-state index in [0.717, 1.165) is 37.3 Å². The summed E-state index contributed by atoms with van der Waals surface area (Å²) in [5.41, 5.74) is 7.86. The van der Waals surface area contributed by atoms with E-state index in [1.54, 1.807) is 0 Å². The number of pyridine rings is 1. The Kier molecular flexibility index (Phi) is 4.42. The molecule has 0 spiro atoms. The highest BCUT2D eigenvalue weighted by Gasteiger charge is 2.20. The smallest absolute Gasteiger partial charge is 0.214 e. The van der Waals surface area contributed by atoms with Gasteiger partial charge in [-0.2, -0.15) is 0 Å². The first-order chi connectivity index (χ1) is 8.99. The van der Waals surface area contributed by atoms with Gasteiger partial charge in [-0.3, -0.25) is 0 Å². The summed E-state index contributed by atoms with van der Waals surface area (Å²) in [5, 5.41) is 0. The van der Waals surface area contributed by atoms with Crippen molar-refractivity contribution in [2.24, 2.45) is 5.73 Å². The Morgan fingerprint density at radius 3 is 2.58 bits per heavy atom. The van der Waals surface area contributed by atoms with Crippen LogP contribution in [0.1, 0.15) is 44.9 Å². The van der Waals surface area contributed by atoms with Crippen molar-refractivity contribution in [2.45, 2.75) is 51.7 Å². The lowest BCUT2D eigenvalue weighted by Crippen LogP contribution is -2.26. The molecule has 1 fully saturated rings. The molecule has 2 rings (SSSR count). The Bertz CT molecular complexity index is 421. The van der Waals surface area contributed by atoms with E-state index in [1.165, 1.54) is 0 Å². The van der Waals surface area contributed by atoms with E-state index in [9.17, 15) is 0 Å². The highest BCUT2D eigenvalue weighted by atomic mass is 16.5.